The second-order valence-corrected chi connectivity index (χ2v) is 6.01. The zero-order valence-corrected chi connectivity index (χ0v) is 13.6. The number of hydrogen-bond acceptors (Lipinski definition) is 3. The van der Waals surface area contributed by atoms with Crippen molar-refractivity contribution in [2.24, 2.45) is 0 Å². The molecule has 0 aliphatic heterocycles. The number of hydrogen-bond donors (Lipinski definition) is 3. The molecule has 126 valence electrons. The molecule has 1 amide bonds. The lowest BCUT2D eigenvalue weighted by atomic mass is 9.90. The smallest absolute Gasteiger partial charge is 0.307 e. The minimum Gasteiger partial charge on any atom is -0.481 e. The Bertz CT molecular complexity index is 867. The highest BCUT2D eigenvalue weighted by atomic mass is 16.4. The number of rotatable bonds is 5. The quantitative estimate of drug-likeness (QED) is 0.728. The molecule has 0 atom stereocenters. The van der Waals surface area contributed by atoms with E-state index in [-0.39, 0.29) is 12.3 Å². The van der Waals surface area contributed by atoms with Crippen LogP contribution in [0.1, 0.15) is 39.9 Å². The average Bonchev–Trinajstić information content (AvgIpc) is 2.61. The van der Waals surface area contributed by atoms with Crippen molar-refractivity contribution in [3.63, 3.8) is 0 Å². The first kappa shape index (κ1) is 16.6. The van der Waals surface area contributed by atoms with Gasteiger partial charge in [-0.25, -0.2) is 0 Å². The SMILES string of the molecule is N=Cc1ccc(C(=O)Nc2ccc3c(c2)CCC(CC(=O)O)=C3)cc1. The van der Waals surface area contributed by atoms with Gasteiger partial charge in [0.2, 0.25) is 0 Å². The van der Waals surface area contributed by atoms with Gasteiger partial charge in [-0.1, -0.05) is 29.8 Å². The third-order valence-electron chi connectivity index (χ3n) is 4.19. The molecule has 0 aromatic heterocycles. The molecule has 0 radical (unpaired) electrons. The van der Waals surface area contributed by atoms with Crippen molar-refractivity contribution < 1.29 is 14.7 Å². The predicted octanol–water partition coefficient (Wildman–Crippen LogP) is 3.74. The van der Waals surface area contributed by atoms with E-state index < -0.39 is 5.97 Å². The Morgan fingerprint density at radius 2 is 1.88 bits per heavy atom. The molecule has 1 aliphatic carbocycles. The van der Waals surface area contributed by atoms with Crippen LogP contribution >= 0.6 is 0 Å². The van der Waals surface area contributed by atoms with Crippen LogP contribution in [0.3, 0.4) is 0 Å². The average molecular weight is 334 g/mol. The van der Waals surface area contributed by atoms with Crippen LogP contribution in [0, 0.1) is 5.41 Å². The van der Waals surface area contributed by atoms with Crippen LogP contribution in [-0.2, 0) is 11.2 Å². The van der Waals surface area contributed by atoms with Crippen LogP contribution in [0.2, 0.25) is 0 Å². The number of carbonyl (C=O) groups excluding carboxylic acids is 1. The van der Waals surface area contributed by atoms with Crippen molar-refractivity contribution in [1.82, 2.24) is 0 Å². The molecular weight excluding hydrogens is 316 g/mol. The van der Waals surface area contributed by atoms with Crippen LogP contribution in [-0.4, -0.2) is 23.2 Å². The van der Waals surface area contributed by atoms with Gasteiger partial charge in [-0.05, 0) is 53.8 Å². The van der Waals surface area contributed by atoms with Crippen molar-refractivity contribution >= 4 is 29.9 Å². The Morgan fingerprint density at radius 3 is 2.56 bits per heavy atom. The number of aliphatic carboxylic acids is 1. The van der Waals surface area contributed by atoms with Crippen LogP contribution in [0.25, 0.3) is 6.08 Å². The predicted molar refractivity (Wildman–Crippen MR) is 97.3 cm³/mol. The standard InChI is InChI=1S/C20H18N2O3/c21-12-13-1-4-15(5-2-13)20(25)22-18-8-7-16-9-14(10-19(23)24)3-6-17(16)11-18/h1-2,4-5,7-9,11-12,21H,3,6,10H2,(H,22,25)(H,23,24). The van der Waals surface area contributed by atoms with Gasteiger partial charge in [0.15, 0.2) is 0 Å². The Kier molecular flexibility index (Phi) is 4.75. The van der Waals surface area contributed by atoms with Gasteiger partial charge >= 0.3 is 5.97 Å². The number of carboxylic acid groups (broad SMARTS) is 1. The third kappa shape index (κ3) is 4.01. The normalized spacial score (nSPS) is 12.7. The van der Waals surface area contributed by atoms with Gasteiger partial charge in [0.25, 0.3) is 5.91 Å². The lowest BCUT2D eigenvalue weighted by Gasteiger charge is -2.17. The first-order valence-electron chi connectivity index (χ1n) is 8.01. The molecule has 0 heterocycles. The molecule has 3 N–H and O–H groups in total. The van der Waals surface area contributed by atoms with Gasteiger partial charge in [-0.15, -0.1) is 0 Å². The van der Waals surface area contributed by atoms with E-state index >= 15 is 0 Å². The largest absolute Gasteiger partial charge is 0.481 e. The van der Waals surface area contributed by atoms with Crippen LogP contribution < -0.4 is 5.32 Å². The summed E-state index contributed by atoms with van der Waals surface area (Å²) in [6, 6.07) is 12.5. The minimum absolute atomic E-state index is 0.0731. The molecule has 0 spiro atoms. The van der Waals surface area contributed by atoms with Crippen molar-refractivity contribution in [3.05, 3.63) is 70.3 Å². The van der Waals surface area contributed by atoms with E-state index in [1.54, 1.807) is 24.3 Å². The molecule has 2 aromatic rings. The summed E-state index contributed by atoms with van der Waals surface area (Å²) in [7, 11) is 0. The monoisotopic (exact) mass is 334 g/mol. The molecule has 0 unspecified atom stereocenters. The van der Waals surface area contributed by atoms with E-state index in [1.807, 2.05) is 24.3 Å². The summed E-state index contributed by atoms with van der Waals surface area (Å²) in [5, 5.41) is 19.0. The van der Waals surface area contributed by atoms with Crippen molar-refractivity contribution in [3.8, 4) is 0 Å². The third-order valence-corrected chi connectivity index (χ3v) is 4.19. The fourth-order valence-electron chi connectivity index (χ4n) is 2.90. The summed E-state index contributed by atoms with van der Waals surface area (Å²) < 4.78 is 0. The molecule has 0 saturated heterocycles. The van der Waals surface area contributed by atoms with Crippen LogP contribution in [0.15, 0.2) is 48.0 Å². The number of fused-ring (bicyclic) bond motifs is 1. The lowest BCUT2D eigenvalue weighted by Crippen LogP contribution is -2.12. The summed E-state index contributed by atoms with van der Waals surface area (Å²) in [5.41, 5.74) is 5.03. The summed E-state index contributed by atoms with van der Waals surface area (Å²) in [5.74, 6) is -1.01. The minimum atomic E-state index is -0.812. The number of carboxylic acids is 1. The molecule has 0 saturated carbocycles. The highest BCUT2D eigenvalue weighted by Gasteiger charge is 2.14. The van der Waals surface area contributed by atoms with E-state index in [1.165, 1.54) is 6.21 Å². The molecule has 0 bridgehead atoms. The zero-order chi connectivity index (χ0) is 17.8. The fraction of sp³-hybridized carbons (Fsp3) is 0.150. The molecule has 25 heavy (non-hydrogen) atoms. The fourth-order valence-corrected chi connectivity index (χ4v) is 2.90. The Balaban J connectivity index is 1.74. The van der Waals surface area contributed by atoms with E-state index in [2.05, 4.69) is 5.32 Å². The van der Waals surface area contributed by atoms with Gasteiger partial charge in [0.1, 0.15) is 0 Å². The van der Waals surface area contributed by atoms with Gasteiger partial charge in [0.05, 0.1) is 6.42 Å². The maximum atomic E-state index is 12.3. The zero-order valence-electron chi connectivity index (χ0n) is 13.6. The molecular formula is C20H18N2O3. The maximum absolute atomic E-state index is 12.3. The molecule has 3 rings (SSSR count). The molecule has 0 fully saturated rings. The number of nitrogens with one attached hydrogen (secondary N) is 2. The lowest BCUT2D eigenvalue weighted by molar-refractivity contribution is -0.136. The van der Waals surface area contributed by atoms with Gasteiger partial charge in [-0.2, -0.15) is 0 Å². The van der Waals surface area contributed by atoms with Gasteiger partial charge < -0.3 is 15.8 Å². The van der Waals surface area contributed by atoms with E-state index in [0.29, 0.717) is 5.56 Å². The summed E-state index contributed by atoms with van der Waals surface area (Å²) >= 11 is 0. The first-order chi connectivity index (χ1) is 12.0. The molecule has 2 aromatic carbocycles. The van der Waals surface area contributed by atoms with Crippen LogP contribution in [0.5, 0.6) is 0 Å². The second kappa shape index (κ2) is 7.13. The highest BCUT2D eigenvalue weighted by molar-refractivity contribution is 6.04. The summed E-state index contributed by atoms with van der Waals surface area (Å²) in [6.45, 7) is 0. The summed E-state index contributed by atoms with van der Waals surface area (Å²) in [6.07, 6.45) is 4.73. The Morgan fingerprint density at radius 1 is 1.12 bits per heavy atom. The maximum Gasteiger partial charge on any atom is 0.307 e. The number of amides is 1. The molecule has 5 heteroatoms. The van der Waals surface area contributed by atoms with Gasteiger partial charge in [0, 0.05) is 17.5 Å². The number of benzene rings is 2. The number of aryl methyl sites for hydroxylation is 1. The Hall–Kier alpha value is -3.21. The highest BCUT2D eigenvalue weighted by Crippen LogP contribution is 2.28. The topological polar surface area (TPSA) is 90.3 Å². The second-order valence-electron chi connectivity index (χ2n) is 6.01. The van der Waals surface area contributed by atoms with E-state index in [9.17, 15) is 9.59 Å². The van der Waals surface area contributed by atoms with E-state index in [0.717, 1.165) is 40.8 Å². The number of carbonyl (C=O) groups is 2. The van der Waals surface area contributed by atoms with Crippen LogP contribution in [0.4, 0.5) is 5.69 Å². The van der Waals surface area contributed by atoms with E-state index in [4.69, 9.17) is 10.5 Å². The van der Waals surface area contributed by atoms with Crippen molar-refractivity contribution in [2.75, 3.05) is 5.32 Å². The van der Waals surface area contributed by atoms with Crippen molar-refractivity contribution in [1.29, 1.82) is 5.41 Å². The van der Waals surface area contributed by atoms with Gasteiger partial charge in [-0.3, -0.25) is 9.59 Å². The summed E-state index contributed by atoms with van der Waals surface area (Å²) in [4.78, 5) is 23.1. The molecule has 5 nitrogen and oxygen atoms in total. The number of anilines is 1. The van der Waals surface area contributed by atoms with Crippen molar-refractivity contribution in [2.45, 2.75) is 19.3 Å². The first-order valence-corrected chi connectivity index (χ1v) is 8.01. The Labute approximate surface area is 145 Å². The molecule has 1 aliphatic rings.